The maximum Gasteiger partial charge on any atom is 0.161 e. The van der Waals surface area contributed by atoms with Gasteiger partial charge in [0.25, 0.3) is 0 Å². The molecule has 0 radical (unpaired) electrons. The molecule has 1 N–H and O–H groups in total. The Morgan fingerprint density at radius 1 is 1.25 bits per heavy atom. The fourth-order valence-electron chi connectivity index (χ4n) is 1.44. The van der Waals surface area contributed by atoms with E-state index in [2.05, 4.69) is 6.92 Å². The average Bonchev–Trinajstić information content (AvgIpc) is 2.31. The second-order valence-corrected chi connectivity index (χ2v) is 3.66. The normalized spacial score (nSPS) is 10.2. The fourth-order valence-corrected chi connectivity index (χ4v) is 1.44. The summed E-state index contributed by atoms with van der Waals surface area (Å²) >= 11 is 0. The first-order chi connectivity index (χ1) is 7.81. The number of hydrogen-bond acceptors (Lipinski definition) is 3. The van der Waals surface area contributed by atoms with E-state index in [1.807, 2.05) is 18.2 Å². The van der Waals surface area contributed by atoms with E-state index >= 15 is 0 Å². The molecule has 1 aromatic rings. The third kappa shape index (κ3) is 3.74. The Hall–Kier alpha value is -1.22. The van der Waals surface area contributed by atoms with Crippen LogP contribution in [0.1, 0.15) is 25.3 Å². The Balaban J connectivity index is 2.68. The fraction of sp³-hybridized carbons (Fsp3) is 0.538. The highest BCUT2D eigenvalue weighted by Crippen LogP contribution is 2.28. The quantitative estimate of drug-likeness (QED) is 0.723. The van der Waals surface area contributed by atoms with E-state index < -0.39 is 0 Å². The molecule has 0 aliphatic rings. The molecule has 0 amide bonds. The van der Waals surface area contributed by atoms with Gasteiger partial charge in [-0.2, -0.15) is 0 Å². The van der Waals surface area contributed by atoms with Crippen molar-refractivity contribution in [3.05, 3.63) is 23.8 Å². The van der Waals surface area contributed by atoms with Gasteiger partial charge in [0.05, 0.1) is 13.7 Å². The maximum absolute atomic E-state index is 8.85. The Kier molecular flexibility index (Phi) is 5.72. The summed E-state index contributed by atoms with van der Waals surface area (Å²) in [7, 11) is 1.63. The minimum Gasteiger partial charge on any atom is -0.493 e. The van der Waals surface area contributed by atoms with Gasteiger partial charge in [0.15, 0.2) is 11.5 Å². The smallest absolute Gasteiger partial charge is 0.161 e. The molecule has 0 aliphatic carbocycles. The lowest BCUT2D eigenvalue weighted by Gasteiger charge is -2.11. The summed E-state index contributed by atoms with van der Waals surface area (Å²) < 4.78 is 10.9. The van der Waals surface area contributed by atoms with Crippen molar-refractivity contribution in [2.45, 2.75) is 26.2 Å². The van der Waals surface area contributed by atoms with E-state index in [4.69, 9.17) is 14.6 Å². The molecule has 90 valence electrons. The van der Waals surface area contributed by atoms with Crippen LogP contribution in [0, 0.1) is 0 Å². The summed E-state index contributed by atoms with van der Waals surface area (Å²) in [6, 6.07) is 5.77. The lowest BCUT2D eigenvalue weighted by Crippen LogP contribution is -2.00. The van der Waals surface area contributed by atoms with Crippen LogP contribution in [0.25, 0.3) is 0 Å². The van der Waals surface area contributed by atoms with Crippen LogP contribution in [0.4, 0.5) is 0 Å². The van der Waals surface area contributed by atoms with Gasteiger partial charge in [-0.1, -0.05) is 19.4 Å². The van der Waals surface area contributed by atoms with Gasteiger partial charge in [-0.3, -0.25) is 0 Å². The van der Waals surface area contributed by atoms with Crippen molar-refractivity contribution in [3.8, 4) is 11.5 Å². The molecule has 0 saturated carbocycles. The number of unbranched alkanes of at least 4 members (excludes halogenated alkanes) is 1. The van der Waals surface area contributed by atoms with E-state index in [1.54, 1.807) is 7.11 Å². The van der Waals surface area contributed by atoms with Crippen LogP contribution in [-0.2, 0) is 6.42 Å². The molecule has 1 aromatic carbocycles. The number of rotatable bonds is 7. The third-order valence-electron chi connectivity index (χ3n) is 2.38. The Bertz CT molecular complexity index is 310. The zero-order valence-electron chi connectivity index (χ0n) is 10.0. The standard InChI is InChI=1S/C13H20O3/c1-3-4-9-16-12-6-5-11(7-8-14)10-13(12)15-2/h5-6,10,14H,3-4,7-9H2,1-2H3. The first-order valence-electron chi connectivity index (χ1n) is 5.72. The number of ether oxygens (including phenoxy) is 2. The lowest BCUT2D eigenvalue weighted by atomic mass is 10.1. The van der Waals surface area contributed by atoms with Crippen molar-refractivity contribution in [2.75, 3.05) is 20.3 Å². The summed E-state index contributed by atoms with van der Waals surface area (Å²) in [6.07, 6.45) is 2.80. The summed E-state index contributed by atoms with van der Waals surface area (Å²) in [5.41, 5.74) is 1.06. The van der Waals surface area contributed by atoms with Gasteiger partial charge in [0.1, 0.15) is 0 Å². The van der Waals surface area contributed by atoms with Gasteiger partial charge in [-0.05, 0) is 30.5 Å². The minimum absolute atomic E-state index is 0.152. The van der Waals surface area contributed by atoms with E-state index in [1.165, 1.54) is 0 Å². The van der Waals surface area contributed by atoms with Crippen LogP contribution in [0.3, 0.4) is 0 Å². The zero-order chi connectivity index (χ0) is 11.8. The predicted octanol–water partition coefficient (Wildman–Crippen LogP) is 2.41. The van der Waals surface area contributed by atoms with Crippen molar-refractivity contribution in [1.82, 2.24) is 0 Å². The minimum atomic E-state index is 0.152. The van der Waals surface area contributed by atoms with Crippen molar-refractivity contribution in [2.24, 2.45) is 0 Å². The van der Waals surface area contributed by atoms with Crippen LogP contribution < -0.4 is 9.47 Å². The molecule has 0 fully saturated rings. The molecule has 1 rings (SSSR count). The molecule has 0 aliphatic heterocycles. The number of hydrogen-bond donors (Lipinski definition) is 1. The predicted molar refractivity (Wildman–Crippen MR) is 64.2 cm³/mol. The summed E-state index contributed by atoms with van der Waals surface area (Å²) in [6.45, 7) is 3.00. The van der Waals surface area contributed by atoms with Crippen molar-refractivity contribution < 1.29 is 14.6 Å². The second kappa shape index (κ2) is 7.12. The molecule has 0 spiro atoms. The van der Waals surface area contributed by atoms with Gasteiger partial charge in [-0.15, -0.1) is 0 Å². The molecular formula is C13H20O3. The SMILES string of the molecule is CCCCOc1ccc(CCO)cc1OC. The molecular weight excluding hydrogens is 204 g/mol. The second-order valence-electron chi connectivity index (χ2n) is 3.66. The topological polar surface area (TPSA) is 38.7 Å². The molecule has 0 unspecified atom stereocenters. The number of aliphatic hydroxyl groups excluding tert-OH is 1. The van der Waals surface area contributed by atoms with Crippen LogP contribution in [0.2, 0.25) is 0 Å². The summed E-state index contributed by atoms with van der Waals surface area (Å²) in [4.78, 5) is 0. The Labute approximate surface area is 97.0 Å². The van der Waals surface area contributed by atoms with Gasteiger partial charge >= 0.3 is 0 Å². The number of benzene rings is 1. The van der Waals surface area contributed by atoms with E-state index in [-0.39, 0.29) is 6.61 Å². The van der Waals surface area contributed by atoms with E-state index in [9.17, 15) is 0 Å². The number of aliphatic hydroxyl groups is 1. The molecule has 3 nitrogen and oxygen atoms in total. The van der Waals surface area contributed by atoms with Gasteiger partial charge in [0.2, 0.25) is 0 Å². The van der Waals surface area contributed by atoms with Gasteiger partial charge in [0, 0.05) is 6.61 Å². The first-order valence-corrected chi connectivity index (χ1v) is 5.72. The maximum atomic E-state index is 8.85. The number of methoxy groups -OCH3 is 1. The van der Waals surface area contributed by atoms with Crippen LogP contribution >= 0.6 is 0 Å². The summed E-state index contributed by atoms with van der Waals surface area (Å²) in [5, 5.41) is 8.85. The Morgan fingerprint density at radius 2 is 2.06 bits per heavy atom. The molecule has 0 heterocycles. The van der Waals surface area contributed by atoms with Crippen molar-refractivity contribution in [3.63, 3.8) is 0 Å². The Morgan fingerprint density at radius 3 is 2.69 bits per heavy atom. The van der Waals surface area contributed by atoms with E-state index in [0.29, 0.717) is 13.0 Å². The molecule has 3 heteroatoms. The average molecular weight is 224 g/mol. The van der Waals surface area contributed by atoms with Crippen LogP contribution in [0.15, 0.2) is 18.2 Å². The zero-order valence-corrected chi connectivity index (χ0v) is 10.0. The summed E-state index contributed by atoms with van der Waals surface area (Å²) in [5.74, 6) is 1.51. The van der Waals surface area contributed by atoms with Crippen LogP contribution in [-0.4, -0.2) is 25.4 Å². The first kappa shape index (κ1) is 12.8. The molecule has 0 bridgehead atoms. The molecule has 0 atom stereocenters. The highest BCUT2D eigenvalue weighted by atomic mass is 16.5. The lowest BCUT2D eigenvalue weighted by molar-refractivity contribution is 0.286. The highest BCUT2D eigenvalue weighted by molar-refractivity contribution is 5.43. The monoisotopic (exact) mass is 224 g/mol. The third-order valence-corrected chi connectivity index (χ3v) is 2.38. The van der Waals surface area contributed by atoms with Crippen LogP contribution in [0.5, 0.6) is 11.5 Å². The van der Waals surface area contributed by atoms with Gasteiger partial charge < -0.3 is 14.6 Å². The largest absolute Gasteiger partial charge is 0.493 e. The van der Waals surface area contributed by atoms with Crippen molar-refractivity contribution in [1.29, 1.82) is 0 Å². The molecule has 0 aromatic heterocycles. The van der Waals surface area contributed by atoms with Gasteiger partial charge in [-0.25, -0.2) is 0 Å². The van der Waals surface area contributed by atoms with Crippen molar-refractivity contribution >= 4 is 0 Å². The molecule has 16 heavy (non-hydrogen) atoms. The molecule has 0 saturated heterocycles. The highest BCUT2D eigenvalue weighted by Gasteiger charge is 2.05. The van der Waals surface area contributed by atoms with E-state index in [0.717, 1.165) is 29.9 Å².